The molecular weight excluding hydrogens is 200 g/mol. The van der Waals surface area contributed by atoms with E-state index in [1.807, 2.05) is 0 Å². The van der Waals surface area contributed by atoms with Crippen molar-refractivity contribution in [1.29, 1.82) is 0 Å². The Labute approximate surface area is 83.0 Å². The van der Waals surface area contributed by atoms with E-state index < -0.39 is 9.84 Å². The van der Waals surface area contributed by atoms with Crippen molar-refractivity contribution in [2.75, 3.05) is 6.26 Å². The van der Waals surface area contributed by atoms with Crippen LogP contribution >= 0.6 is 0 Å². The fourth-order valence-electron chi connectivity index (χ4n) is 0.998. The van der Waals surface area contributed by atoms with Gasteiger partial charge in [-0.25, -0.2) is 8.42 Å². The zero-order chi connectivity index (χ0) is 10.8. The molecule has 0 N–H and O–H groups in total. The molecule has 74 valence electrons. The molecule has 4 heteroatoms. The van der Waals surface area contributed by atoms with E-state index in [1.54, 1.807) is 6.07 Å². The van der Waals surface area contributed by atoms with Gasteiger partial charge < -0.3 is 0 Å². The normalized spacial score (nSPS) is 10.9. The second-order valence-corrected chi connectivity index (χ2v) is 4.88. The van der Waals surface area contributed by atoms with Gasteiger partial charge in [-0.15, -0.1) is 0 Å². The molecule has 1 aromatic rings. The van der Waals surface area contributed by atoms with Gasteiger partial charge in [-0.3, -0.25) is 4.79 Å². The molecule has 0 atom stereocenters. The quantitative estimate of drug-likeness (QED) is 0.560. The van der Waals surface area contributed by atoms with Crippen LogP contribution in [-0.2, 0) is 9.84 Å². The summed E-state index contributed by atoms with van der Waals surface area (Å²) in [5.74, 6) is -0.282. The maximum Gasteiger partial charge on any atom is 0.185 e. The number of rotatable bonds is 3. The van der Waals surface area contributed by atoms with Crippen LogP contribution in [0.3, 0.4) is 0 Å². The predicted octanol–water partition coefficient (Wildman–Crippen LogP) is 1.46. The summed E-state index contributed by atoms with van der Waals surface area (Å²) in [4.78, 5) is 11.3. The van der Waals surface area contributed by atoms with Crippen LogP contribution in [0.15, 0.2) is 41.8 Å². The van der Waals surface area contributed by atoms with Crippen LogP contribution in [0, 0.1) is 0 Å². The monoisotopic (exact) mass is 210 g/mol. The van der Waals surface area contributed by atoms with Crippen molar-refractivity contribution >= 4 is 15.6 Å². The average Bonchev–Trinajstić information content (AvgIpc) is 2.15. The summed E-state index contributed by atoms with van der Waals surface area (Å²) in [5.41, 5.74) is 0.336. The van der Waals surface area contributed by atoms with Gasteiger partial charge in [0, 0.05) is 11.8 Å². The van der Waals surface area contributed by atoms with Crippen molar-refractivity contribution in [3.8, 4) is 0 Å². The van der Waals surface area contributed by atoms with Crippen molar-refractivity contribution in [3.05, 3.63) is 42.5 Å². The molecular formula is C10H10O3S. The molecule has 0 saturated carbocycles. The lowest BCUT2D eigenvalue weighted by Crippen LogP contribution is -2.00. The van der Waals surface area contributed by atoms with Gasteiger partial charge in [0.1, 0.15) is 0 Å². The van der Waals surface area contributed by atoms with E-state index in [2.05, 4.69) is 6.58 Å². The molecule has 1 aromatic carbocycles. The Morgan fingerprint density at radius 2 is 2.07 bits per heavy atom. The average molecular weight is 210 g/mol. The highest BCUT2D eigenvalue weighted by Gasteiger charge is 2.09. The SMILES string of the molecule is C=CC(=O)c1cccc(S(C)(=O)=O)c1. The van der Waals surface area contributed by atoms with E-state index in [1.165, 1.54) is 18.2 Å². The summed E-state index contributed by atoms with van der Waals surface area (Å²) in [6.45, 7) is 3.33. The van der Waals surface area contributed by atoms with Crippen LogP contribution in [0.1, 0.15) is 10.4 Å². The molecule has 0 spiro atoms. The van der Waals surface area contributed by atoms with E-state index in [4.69, 9.17) is 0 Å². The molecule has 1 rings (SSSR count). The van der Waals surface area contributed by atoms with Gasteiger partial charge in [0.2, 0.25) is 0 Å². The molecule has 0 unspecified atom stereocenters. The third-order valence-electron chi connectivity index (χ3n) is 1.73. The molecule has 0 bridgehead atoms. The Morgan fingerprint density at radius 3 is 2.57 bits per heavy atom. The standard InChI is InChI=1S/C10H10O3S/c1-3-10(11)8-5-4-6-9(7-8)14(2,12)13/h3-7H,1H2,2H3. The summed E-state index contributed by atoms with van der Waals surface area (Å²) >= 11 is 0. The number of sulfone groups is 1. The molecule has 0 radical (unpaired) electrons. The highest BCUT2D eigenvalue weighted by atomic mass is 32.2. The molecule has 0 aliphatic carbocycles. The largest absolute Gasteiger partial charge is 0.289 e. The Morgan fingerprint density at radius 1 is 1.43 bits per heavy atom. The van der Waals surface area contributed by atoms with E-state index >= 15 is 0 Å². The number of carbonyl (C=O) groups excluding carboxylic acids is 1. The maximum atomic E-state index is 11.2. The Hall–Kier alpha value is -1.42. The van der Waals surface area contributed by atoms with Crippen LogP contribution in [0.25, 0.3) is 0 Å². The predicted molar refractivity (Wildman–Crippen MR) is 54.1 cm³/mol. The smallest absolute Gasteiger partial charge is 0.185 e. The summed E-state index contributed by atoms with van der Waals surface area (Å²) in [5, 5.41) is 0. The van der Waals surface area contributed by atoms with Crippen LogP contribution in [0.5, 0.6) is 0 Å². The lowest BCUT2D eigenvalue weighted by Gasteiger charge is -1.99. The molecule has 3 nitrogen and oxygen atoms in total. The van der Waals surface area contributed by atoms with Crippen LogP contribution < -0.4 is 0 Å². The minimum absolute atomic E-state index is 0.144. The van der Waals surface area contributed by atoms with Crippen molar-refractivity contribution in [2.24, 2.45) is 0 Å². The number of allylic oxidation sites excluding steroid dienone is 1. The number of ketones is 1. The van der Waals surface area contributed by atoms with E-state index in [9.17, 15) is 13.2 Å². The molecule has 0 saturated heterocycles. The first kappa shape index (κ1) is 10.7. The minimum Gasteiger partial charge on any atom is -0.289 e. The number of hydrogen-bond donors (Lipinski definition) is 0. The summed E-state index contributed by atoms with van der Waals surface area (Å²) in [6.07, 6.45) is 2.26. The van der Waals surface area contributed by atoms with Crippen molar-refractivity contribution in [2.45, 2.75) is 4.90 Å². The lowest BCUT2D eigenvalue weighted by molar-refractivity contribution is 0.104. The summed E-state index contributed by atoms with van der Waals surface area (Å²) in [6, 6.07) is 5.89. The van der Waals surface area contributed by atoms with E-state index in [0.29, 0.717) is 5.56 Å². The first-order valence-electron chi connectivity index (χ1n) is 3.92. The van der Waals surface area contributed by atoms with Gasteiger partial charge in [0.15, 0.2) is 15.6 Å². The van der Waals surface area contributed by atoms with Crippen molar-refractivity contribution in [1.82, 2.24) is 0 Å². The van der Waals surface area contributed by atoms with Crippen LogP contribution in [-0.4, -0.2) is 20.5 Å². The van der Waals surface area contributed by atoms with Crippen molar-refractivity contribution < 1.29 is 13.2 Å². The molecule has 0 aliphatic heterocycles. The fourth-order valence-corrected chi connectivity index (χ4v) is 1.66. The molecule has 0 aromatic heterocycles. The first-order chi connectivity index (χ1) is 6.45. The second-order valence-electron chi connectivity index (χ2n) is 2.87. The third kappa shape index (κ3) is 2.29. The Bertz CT molecular complexity index is 472. The molecule has 14 heavy (non-hydrogen) atoms. The third-order valence-corrected chi connectivity index (χ3v) is 2.84. The number of hydrogen-bond acceptors (Lipinski definition) is 3. The van der Waals surface area contributed by atoms with Crippen LogP contribution in [0.2, 0.25) is 0 Å². The molecule has 0 fully saturated rings. The topological polar surface area (TPSA) is 51.2 Å². The van der Waals surface area contributed by atoms with Gasteiger partial charge in [-0.2, -0.15) is 0 Å². The minimum atomic E-state index is -3.25. The highest BCUT2D eigenvalue weighted by Crippen LogP contribution is 2.11. The Balaban J connectivity index is 3.27. The maximum absolute atomic E-state index is 11.2. The number of benzene rings is 1. The number of carbonyl (C=O) groups is 1. The lowest BCUT2D eigenvalue weighted by atomic mass is 10.1. The highest BCUT2D eigenvalue weighted by molar-refractivity contribution is 7.90. The molecule has 0 amide bonds. The first-order valence-corrected chi connectivity index (χ1v) is 5.81. The molecule has 0 heterocycles. The van der Waals surface area contributed by atoms with E-state index in [-0.39, 0.29) is 10.7 Å². The van der Waals surface area contributed by atoms with Gasteiger partial charge in [0.25, 0.3) is 0 Å². The second kappa shape index (κ2) is 3.75. The van der Waals surface area contributed by atoms with Crippen LogP contribution in [0.4, 0.5) is 0 Å². The Kier molecular flexibility index (Phi) is 2.86. The zero-order valence-electron chi connectivity index (χ0n) is 7.73. The zero-order valence-corrected chi connectivity index (χ0v) is 8.54. The van der Waals surface area contributed by atoms with Gasteiger partial charge in [0.05, 0.1) is 4.90 Å². The van der Waals surface area contributed by atoms with E-state index in [0.717, 1.165) is 12.3 Å². The van der Waals surface area contributed by atoms with Gasteiger partial charge in [-0.05, 0) is 18.2 Å². The molecule has 0 aliphatic rings. The van der Waals surface area contributed by atoms with Crippen molar-refractivity contribution in [3.63, 3.8) is 0 Å². The van der Waals surface area contributed by atoms with Gasteiger partial charge >= 0.3 is 0 Å². The fraction of sp³-hybridized carbons (Fsp3) is 0.100. The van der Waals surface area contributed by atoms with Gasteiger partial charge in [-0.1, -0.05) is 18.7 Å². The summed E-state index contributed by atoms with van der Waals surface area (Å²) < 4.78 is 22.3. The summed E-state index contributed by atoms with van der Waals surface area (Å²) in [7, 11) is -3.25.